The maximum absolute atomic E-state index is 12.5. The highest BCUT2D eigenvalue weighted by Crippen LogP contribution is 2.22. The van der Waals surface area contributed by atoms with Gasteiger partial charge in [-0.1, -0.05) is 19.1 Å². The van der Waals surface area contributed by atoms with Crippen LogP contribution in [0.3, 0.4) is 0 Å². The van der Waals surface area contributed by atoms with Crippen LogP contribution in [0.2, 0.25) is 0 Å². The van der Waals surface area contributed by atoms with Crippen LogP contribution in [0.5, 0.6) is 0 Å². The van der Waals surface area contributed by atoms with Crippen LogP contribution in [0.15, 0.2) is 41.4 Å². The second kappa shape index (κ2) is 5.87. The highest BCUT2D eigenvalue weighted by molar-refractivity contribution is 7.98. The van der Waals surface area contributed by atoms with E-state index in [4.69, 9.17) is 0 Å². The van der Waals surface area contributed by atoms with E-state index in [1.165, 1.54) is 0 Å². The molecule has 2 rings (SSSR count). The summed E-state index contributed by atoms with van der Waals surface area (Å²) in [4.78, 5) is 13.5. The number of hydrogen-bond acceptors (Lipinski definition) is 3. The molecule has 1 aromatic carbocycles. The number of carbonyl (C=O) groups is 1. The molecule has 1 aromatic heterocycles. The Balaban J connectivity index is 2.38. The molecule has 0 atom stereocenters. The van der Waals surface area contributed by atoms with Crippen molar-refractivity contribution in [2.75, 3.05) is 6.26 Å². The molecule has 3 nitrogen and oxygen atoms in total. The lowest BCUT2D eigenvalue weighted by molar-refractivity contribution is 0.102. The van der Waals surface area contributed by atoms with E-state index in [0.717, 1.165) is 23.4 Å². The molecule has 0 fully saturated rings. The van der Waals surface area contributed by atoms with Crippen molar-refractivity contribution in [3.63, 3.8) is 0 Å². The van der Waals surface area contributed by atoms with Gasteiger partial charge in [0.25, 0.3) is 0 Å². The van der Waals surface area contributed by atoms with Crippen molar-refractivity contribution in [3.8, 4) is 0 Å². The summed E-state index contributed by atoms with van der Waals surface area (Å²) in [5, 5.41) is 4.20. The maximum atomic E-state index is 12.5. The van der Waals surface area contributed by atoms with E-state index in [-0.39, 0.29) is 5.78 Å². The van der Waals surface area contributed by atoms with Crippen LogP contribution in [0.1, 0.15) is 29.4 Å². The van der Waals surface area contributed by atoms with Gasteiger partial charge >= 0.3 is 0 Å². The molecule has 1 heterocycles. The van der Waals surface area contributed by atoms with Crippen molar-refractivity contribution in [3.05, 3.63) is 47.8 Å². The summed E-state index contributed by atoms with van der Waals surface area (Å²) in [6, 6.07) is 9.48. The minimum absolute atomic E-state index is 0.0471. The van der Waals surface area contributed by atoms with Gasteiger partial charge in [-0.15, -0.1) is 11.8 Å². The topological polar surface area (TPSA) is 34.9 Å². The minimum Gasteiger partial charge on any atom is -0.287 e. The first-order valence-corrected chi connectivity index (χ1v) is 7.20. The molecule has 0 spiro atoms. The molecule has 18 heavy (non-hydrogen) atoms. The Morgan fingerprint density at radius 1 is 1.33 bits per heavy atom. The fraction of sp³-hybridized carbons (Fsp3) is 0.286. The largest absolute Gasteiger partial charge is 0.287 e. The molecule has 0 bridgehead atoms. The monoisotopic (exact) mass is 260 g/mol. The smallest absolute Gasteiger partial charge is 0.212 e. The lowest BCUT2D eigenvalue weighted by Gasteiger charge is -2.08. The first-order chi connectivity index (χ1) is 8.77. The summed E-state index contributed by atoms with van der Waals surface area (Å²) in [6.07, 6.45) is 4.63. The van der Waals surface area contributed by atoms with Gasteiger partial charge in [-0.3, -0.25) is 9.48 Å². The molecule has 2 aromatic rings. The average molecular weight is 260 g/mol. The summed E-state index contributed by atoms with van der Waals surface area (Å²) in [5.74, 6) is 0.0471. The van der Waals surface area contributed by atoms with E-state index >= 15 is 0 Å². The maximum Gasteiger partial charge on any atom is 0.212 e. The van der Waals surface area contributed by atoms with Gasteiger partial charge < -0.3 is 0 Å². The number of nitrogens with zero attached hydrogens (tertiary/aromatic N) is 2. The van der Waals surface area contributed by atoms with Crippen LogP contribution in [0.25, 0.3) is 0 Å². The number of hydrogen-bond donors (Lipinski definition) is 0. The van der Waals surface area contributed by atoms with E-state index in [0.29, 0.717) is 5.69 Å². The molecular formula is C14H16N2OS. The Hall–Kier alpha value is -1.55. The van der Waals surface area contributed by atoms with Crippen LogP contribution >= 0.6 is 11.8 Å². The summed E-state index contributed by atoms with van der Waals surface area (Å²) in [7, 11) is 0. The predicted octanol–water partition coefficient (Wildman–Crippen LogP) is 3.25. The first-order valence-electron chi connectivity index (χ1n) is 5.97. The van der Waals surface area contributed by atoms with Gasteiger partial charge in [-0.05, 0) is 30.9 Å². The van der Waals surface area contributed by atoms with Gasteiger partial charge in [0.2, 0.25) is 5.78 Å². The fourth-order valence-electron chi connectivity index (χ4n) is 1.89. The molecule has 0 saturated heterocycles. The molecule has 0 aliphatic rings. The van der Waals surface area contributed by atoms with Crippen LogP contribution in [-0.2, 0) is 6.54 Å². The summed E-state index contributed by atoms with van der Waals surface area (Å²) < 4.78 is 1.78. The van der Waals surface area contributed by atoms with Crippen molar-refractivity contribution in [1.29, 1.82) is 0 Å². The zero-order valence-electron chi connectivity index (χ0n) is 10.6. The van der Waals surface area contributed by atoms with Crippen molar-refractivity contribution in [1.82, 2.24) is 9.78 Å². The zero-order chi connectivity index (χ0) is 13.0. The Labute approximate surface area is 111 Å². The van der Waals surface area contributed by atoms with E-state index < -0.39 is 0 Å². The molecule has 0 aliphatic carbocycles. The molecule has 4 heteroatoms. The number of aryl methyl sites for hydroxylation is 1. The third-order valence-corrected chi connectivity index (χ3v) is 3.53. The third-order valence-electron chi connectivity index (χ3n) is 2.74. The van der Waals surface area contributed by atoms with E-state index in [9.17, 15) is 4.79 Å². The van der Waals surface area contributed by atoms with Gasteiger partial charge in [-0.25, -0.2) is 0 Å². The number of thioether (sulfide) groups is 1. The number of carbonyl (C=O) groups excluding carboxylic acids is 1. The van der Waals surface area contributed by atoms with Gasteiger partial charge in [0.15, 0.2) is 0 Å². The molecule has 0 unspecified atom stereocenters. The predicted molar refractivity (Wildman–Crippen MR) is 74.2 cm³/mol. The highest BCUT2D eigenvalue weighted by atomic mass is 32.2. The first kappa shape index (κ1) is 12.9. The van der Waals surface area contributed by atoms with E-state index in [2.05, 4.69) is 12.0 Å². The quantitative estimate of drug-likeness (QED) is 0.611. The molecule has 94 valence electrons. The number of rotatable bonds is 5. The van der Waals surface area contributed by atoms with Crippen molar-refractivity contribution in [2.45, 2.75) is 24.8 Å². The molecule has 0 saturated carbocycles. The Kier molecular flexibility index (Phi) is 4.20. The number of benzene rings is 1. The number of ketones is 1. The fourth-order valence-corrected chi connectivity index (χ4v) is 2.48. The molecule has 0 radical (unpaired) electrons. The average Bonchev–Trinajstić information content (AvgIpc) is 2.86. The molecular weight excluding hydrogens is 244 g/mol. The Bertz CT molecular complexity index is 548. The van der Waals surface area contributed by atoms with Crippen molar-refractivity contribution in [2.24, 2.45) is 0 Å². The summed E-state index contributed by atoms with van der Waals surface area (Å²) in [5.41, 5.74) is 1.42. The molecule has 0 amide bonds. The normalized spacial score (nSPS) is 10.6. The highest BCUT2D eigenvalue weighted by Gasteiger charge is 2.16. The minimum atomic E-state index is 0.0471. The second-order valence-corrected chi connectivity index (χ2v) is 4.82. The van der Waals surface area contributed by atoms with Gasteiger partial charge in [0.05, 0.1) is 0 Å². The SMILES string of the molecule is CCCn1nccc1C(=O)c1ccccc1SC. The zero-order valence-corrected chi connectivity index (χ0v) is 11.4. The van der Waals surface area contributed by atoms with Crippen LogP contribution < -0.4 is 0 Å². The van der Waals surface area contributed by atoms with Gasteiger partial charge in [0, 0.05) is 23.2 Å². The Morgan fingerprint density at radius 2 is 2.11 bits per heavy atom. The second-order valence-electron chi connectivity index (χ2n) is 3.97. The summed E-state index contributed by atoms with van der Waals surface area (Å²) in [6.45, 7) is 2.85. The lowest BCUT2D eigenvalue weighted by atomic mass is 10.1. The van der Waals surface area contributed by atoms with Crippen LogP contribution in [0.4, 0.5) is 0 Å². The summed E-state index contributed by atoms with van der Waals surface area (Å²) >= 11 is 1.59. The lowest BCUT2D eigenvalue weighted by Crippen LogP contribution is -2.12. The van der Waals surface area contributed by atoms with Crippen molar-refractivity contribution < 1.29 is 4.79 Å². The van der Waals surface area contributed by atoms with Gasteiger partial charge in [0.1, 0.15) is 5.69 Å². The Morgan fingerprint density at radius 3 is 2.83 bits per heavy atom. The van der Waals surface area contributed by atoms with E-state index in [1.54, 1.807) is 28.7 Å². The standard InChI is InChI=1S/C14H16N2OS/c1-3-10-16-12(8-9-15-16)14(17)11-6-4-5-7-13(11)18-2/h4-9H,3,10H2,1-2H3. The van der Waals surface area contributed by atoms with Crippen molar-refractivity contribution >= 4 is 17.5 Å². The third kappa shape index (κ3) is 2.48. The van der Waals surface area contributed by atoms with Crippen LogP contribution in [0, 0.1) is 0 Å². The van der Waals surface area contributed by atoms with E-state index in [1.807, 2.05) is 30.5 Å². The van der Waals surface area contributed by atoms with Crippen LogP contribution in [-0.4, -0.2) is 21.8 Å². The molecule has 0 N–H and O–H groups in total. The number of aromatic nitrogens is 2. The molecule has 0 aliphatic heterocycles. The van der Waals surface area contributed by atoms with Gasteiger partial charge in [-0.2, -0.15) is 5.10 Å².